The number of carbonyl (C=O) groups is 1. The summed E-state index contributed by atoms with van der Waals surface area (Å²) in [6.45, 7) is 6.07. The van der Waals surface area contributed by atoms with E-state index in [1.54, 1.807) is 6.20 Å². The van der Waals surface area contributed by atoms with Crippen LogP contribution in [0.1, 0.15) is 21.6 Å². The van der Waals surface area contributed by atoms with Crippen LogP contribution in [0, 0.1) is 6.92 Å². The predicted octanol–water partition coefficient (Wildman–Crippen LogP) is 2.12. The third-order valence-corrected chi connectivity index (χ3v) is 4.62. The van der Waals surface area contributed by atoms with Crippen LogP contribution in [0.5, 0.6) is 0 Å². The lowest BCUT2D eigenvalue weighted by molar-refractivity contribution is 0.0949. The van der Waals surface area contributed by atoms with Crippen molar-refractivity contribution in [3.8, 4) is 0 Å². The maximum Gasteiger partial charge on any atom is 0.254 e. The van der Waals surface area contributed by atoms with Gasteiger partial charge < -0.3 is 15.1 Å². The van der Waals surface area contributed by atoms with Gasteiger partial charge in [0.05, 0.1) is 11.3 Å². The van der Waals surface area contributed by atoms with Gasteiger partial charge in [-0.1, -0.05) is 23.7 Å². The van der Waals surface area contributed by atoms with Gasteiger partial charge in [0, 0.05) is 43.9 Å². The highest BCUT2D eigenvalue weighted by Gasteiger charge is 2.18. The Labute approximate surface area is 152 Å². The zero-order valence-corrected chi connectivity index (χ0v) is 15.3. The van der Waals surface area contributed by atoms with Crippen molar-refractivity contribution in [2.24, 2.45) is 0 Å². The average Bonchev–Trinajstić information content (AvgIpc) is 2.61. The smallest absolute Gasteiger partial charge is 0.254 e. The molecule has 1 fully saturated rings. The second-order valence-electron chi connectivity index (χ2n) is 6.27. The first kappa shape index (κ1) is 17.6. The number of likely N-dealkylation sites (N-methyl/N-ethyl adjacent to an activating group) is 1. The van der Waals surface area contributed by atoms with Crippen molar-refractivity contribution in [3.05, 3.63) is 52.3 Å². The highest BCUT2D eigenvalue weighted by Crippen LogP contribution is 2.14. The molecule has 1 N–H and O–H groups in total. The van der Waals surface area contributed by atoms with E-state index in [1.807, 2.05) is 31.2 Å². The summed E-state index contributed by atoms with van der Waals surface area (Å²) < 4.78 is 0. The van der Waals surface area contributed by atoms with Crippen LogP contribution in [0.4, 0.5) is 5.95 Å². The summed E-state index contributed by atoms with van der Waals surface area (Å²) >= 11 is 5.87. The Morgan fingerprint density at radius 1 is 1.20 bits per heavy atom. The van der Waals surface area contributed by atoms with Gasteiger partial charge in [0.1, 0.15) is 0 Å². The minimum absolute atomic E-state index is 0.169. The lowest BCUT2D eigenvalue weighted by Gasteiger charge is -2.32. The van der Waals surface area contributed by atoms with Crippen molar-refractivity contribution in [1.29, 1.82) is 0 Å². The van der Waals surface area contributed by atoms with Crippen molar-refractivity contribution in [2.45, 2.75) is 13.5 Å². The molecule has 132 valence electrons. The van der Waals surface area contributed by atoms with Crippen LogP contribution in [0.3, 0.4) is 0 Å². The molecule has 0 bridgehead atoms. The van der Waals surface area contributed by atoms with E-state index in [1.165, 1.54) is 0 Å². The molecular weight excluding hydrogens is 338 g/mol. The first-order valence-electron chi connectivity index (χ1n) is 8.33. The number of nitrogens with zero attached hydrogens (tertiary/aromatic N) is 4. The molecule has 1 aliphatic heterocycles. The van der Waals surface area contributed by atoms with Gasteiger partial charge >= 0.3 is 0 Å². The Bertz CT molecular complexity index is 742. The van der Waals surface area contributed by atoms with Crippen molar-refractivity contribution < 1.29 is 4.79 Å². The quantitative estimate of drug-likeness (QED) is 0.906. The first-order valence-corrected chi connectivity index (χ1v) is 8.70. The summed E-state index contributed by atoms with van der Waals surface area (Å²) in [6.07, 6.45) is 1.62. The van der Waals surface area contributed by atoms with Crippen molar-refractivity contribution >= 4 is 23.5 Å². The molecule has 3 rings (SSSR count). The number of hydrogen-bond acceptors (Lipinski definition) is 5. The number of hydrogen-bond donors (Lipinski definition) is 1. The van der Waals surface area contributed by atoms with E-state index in [2.05, 4.69) is 32.1 Å². The molecule has 1 amide bonds. The third kappa shape index (κ3) is 4.46. The lowest BCUT2D eigenvalue weighted by atomic mass is 10.2. The van der Waals surface area contributed by atoms with Crippen LogP contribution in [0.25, 0.3) is 0 Å². The van der Waals surface area contributed by atoms with Crippen LogP contribution in [-0.2, 0) is 6.54 Å². The standard InChI is InChI=1S/C18H22ClN5O/c1-13-16(17(25)20-11-14-3-5-15(19)6-4-14)12-21-18(22-13)24-9-7-23(2)8-10-24/h3-6,12H,7-11H2,1-2H3,(H,20,25). The zero-order valence-electron chi connectivity index (χ0n) is 14.5. The highest BCUT2D eigenvalue weighted by molar-refractivity contribution is 6.30. The molecule has 2 heterocycles. The van der Waals surface area contributed by atoms with E-state index < -0.39 is 0 Å². The largest absolute Gasteiger partial charge is 0.348 e. The number of nitrogens with one attached hydrogen (secondary N) is 1. The van der Waals surface area contributed by atoms with Crippen LogP contribution in [-0.4, -0.2) is 54.0 Å². The monoisotopic (exact) mass is 359 g/mol. The topological polar surface area (TPSA) is 61.4 Å². The molecule has 25 heavy (non-hydrogen) atoms. The van der Waals surface area contributed by atoms with Crippen molar-refractivity contribution in [1.82, 2.24) is 20.2 Å². The van der Waals surface area contributed by atoms with Gasteiger partial charge in [-0.05, 0) is 31.7 Å². The number of benzene rings is 1. The average molecular weight is 360 g/mol. The number of aryl methyl sites for hydroxylation is 1. The van der Waals surface area contributed by atoms with Gasteiger partial charge in [0.15, 0.2) is 0 Å². The molecule has 0 spiro atoms. The number of rotatable bonds is 4. The Hall–Kier alpha value is -2.18. The molecule has 0 radical (unpaired) electrons. The fraction of sp³-hybridized carbons (Fsp3) is 0.389. The van der Waals surface area contributed by atoms with Gasteiger partial charge in [0.2, 0.25) is 5.95 Å². The maximum absolute atomic E-state index is 12.4. The molecule has 0 aliphatic carbocycles. The molecule has 6 nitrogen and oxygen atoms in total. The molecule has 2 aromatic rings. The molecule has 1 aromatic carbocycles. The Kier molecular flexibility index (Phi) is 5.50. The summed E-state index contributed by atoms with van der Waals surface area (Å²) in [4.78, 5) is 25.8. The Balaban J connectivity index is 1.63. The van der Waals surface area contributed by atoms with Gasteiger partial charge in [-0.25, -0.2) is 9.97 Å². The second-order valence-corrected chi connectivity index (χ2v) is 6.70. The molecule has 7 heteroatoms. The Morgan fingerprint density at radius 3 is 2.52 bits per heavy atom. The first-order chi connectivity index (χ1) is 12.0. The van der Waals surface area contributed by atoms with Crippen LogP contribution in [0.2, 0.25) is 5.02 Å². The fourth-order valence-electron chi connectivity index (χ4n) is 2.72. The number of anilines is 1. The summed E-state index contributed by atoms with van der Waals surface area (Å²) in [5.74, 6) is 0.525. The summed E-state index contributed by atoms with van der Waals surface area (Å²) in [7, 11) is 2.11. The fourth-order valence-corrected chi connectivity index (χ4v) is 2.84. The van der Waals surface area contributed by atoms with E-state index in [4.69, 9.17) is 11.6 Å². The summed E-state index contributed by atoms with van der Waals surface area (Å²) in [6, 6.07) is 7.40. The van der Waals surface area contributed by atoms with Gasteiger partial charge in [-0.2, -0.15) is 0 Å². The molecular formula is C18H22ClN5O. The molecule has 1 saturated heterocycles. The number of halogens is 1. The van der Waals surface area contributed by atoms with Crippen LogP contribution < -0.4 is 10.2 Å². The molecule has 0 atom stereocenters. The van der Waals surface area contributed by atoms with Crippen molar-refractivity contribution in [3.63, 3.8) is 0 Å². The number of piperazine rings is 1. The minimum Gasteiger partial charge on any atom is -0.348 e. The third-order valence-electron chi connectivity index (χ3n) is 4.36. The highest BCUT2D eigenvalue weighted by atomic mass is 35.5. The Morgan fingerprint density at radius 2 is 1.88 bits per heavy atom. The van der Waals surface area contributed by atoms with E-state index in [-0.39, 0.29) is 5.91 Å². The van der Waals surface area contributed by atoms with Gasteiger partial charge in [-0.3, -0.25) is 4.79 Å². The molecule has 1 aromatic heterocycles. The van der Waals surface area contributed by atoms with Gasteiger partial charge in [0.25, 0.3) is 5.91 Å². The van der Waals surface area contributed by atoms with Crippen LogP contribution in [0.15, 0.2) is 30.5 Å². The number of amides is 1. The zero-order chi connectivity index (χ0) is 17.8. The van der Waals surface area contributed by atoms with E-state index >= 15 is 0 Å². The maximum atomic E-state index is 12.4. The predicted molar refractivity (Wildman–Crippen MR) is 99.1 cm³/mol. The minimum atomic E-state index is -0.169. The second kappa shape index (κ2) is 7.80. The number of aromatic nitrogens is 2. The van der Waals surface area contributed by atoms with Gasteiger partial charge in [-0.15, -0.1) is 0 Å². The lowest BCUT2D eigenvalue weighted by Crippen LogP contribution is -2.45. The van der Waals surface area contributed by atoms with E-state index in [9.17, 15) is 4.79 Å². The summed E-state index contributed by atoms with van der Waals surface area (Å²) in [5.41, 5.74) is 2.19. The summed E-state index contributed by atoms with van der Waals surface area (Å²) in [5, 5.41) is 3.58. The van der Waals surface area contributed by atoms with E-state index in [0.717, 1.165) is 31.7 Å². The number of carbonyl (C=O) groups excluding carboxylic acids is 1. The van der Waals surface area contributed by atoms with Crippen molar-refractivity contribution in [2.75, 3.05) is 38.1 Å². The molecule has 1 aliphatic rings. The molecule has 0 saturated carbocycles. The van der Waals surface area contributed by atoms with Crippen LogP contribution >= 0.6 is 11.6 Å². The van der Waals surface area contributed by atoms with E-state index in [0.29, 0.717) is 28.8 Å². The SMILES string of the molecule is Cc1nc(N2CCN(C)CC2)ncc1C(=O)NCc1ccc(Cl)cc1. The normalized spacial score (nSPS) is 15.2. The molecule has 0 unspecified atom stereocenters.